The van der Waals surface area contributed by atoms with Crippen LogP contribution in [-0.4, -0.2) is 4.98 Å². The molecule has 3 heteroatoms. The summed E-state index contributed by atoms with van der Waals surface area (Å²) < 4.78 is 5.40. The zero-order valence-electron chi connectivity index (χ0n) is 6.42. The molecule has 1 aromatic heterocycles. The molecular formula is C8H12N2O. The minimum atomic E-state index is 0.458. The Morgan fingerprint density at radius 1 is 1.64 bits per heavy atom. The lowest BCUT2D eigenvalue weighted by Crippen LogP contribution is -2.08. The smallest absolute Gasteiger partial charge is 0.197 e. The molecule has 0 atom stereocenters. The van der Waals surface area contributed by atoms with Crippen molar-refractivity contribution >= 4 is 0 Å². The van der Waals surface area contributed by atoms with Gasteiger partial charge in [0.15, 0.2) is 5.89 Å². The van der Waals surface area contributed by atoms with Gasteiger partial charge in [-0.1, -0.05) is 6.42 Å². The van der Waals surface area contributed by atoms with Gasteiger partial charge in [0.1, 0.15) is 5.76 Å². The number of hydrogen-bond donors (Lipinski definition) is 1. The van der Waals surface area contributed by atoms with Gasteiger partial charge in [-0.3, -0.25) is 0 Å². The topological polar surface area (TPSA) is 52.0 Å². The minimum Gasteiger partial charge on any atom is -0.444 e. The van der Waals surface area contributed by atoms with Gasteiger partial charge >= 0.3 is 0 Å². The second-order valence-electron chi connectivity index (χ2n) is 3.00. The summed E-state index contributed by atoms with van der Waals surface area (Å²) in [6.07, 6.45) is 5.49. The fraction of sp³-hybridized carbons (Fsp3) is 0.625. The SMILES string of the molecule is NCc1cnc(C2CCC2)o1. The van der Waals surface area contributed by atoms with Crippen molar-refractivity contribution in [3.8, 4) is 0 Å². The molecule has 2 N–H and O–H groups in total. The number of aromatic nitrogens is 1. The van der Waals surface area contributed by atoms with Crippen LogP contribution in [0.15, 0.2) is 10.6 Å². The summed E-state index contributed by atoms with van der Waals surface area (Å²) in [5.41, 5.74) is 5.39. The van der Waals surface area contributed by atoms with Gasteiger partial charge in [0.05, 0.1) is 12.7 Å². The van der Waals surface area contributed by atoms with Crippen LogP contribution in [0.3, 0.4) is 0 Å². The van der Waals surface area contributed by atoms with Crippen molar-refractivity contribution < 1.29 is 4.42 Å². The summed E-state index contributed by atoms with van der Waals surface area (Å²) in [6.45, 7) is 0.458. The highest BCUT2D eigenvalue weighted by Gasteiger charge is 2.23. The lowest BCUT2D eigenvalue weighted by Gasteiger charge is -2.21. The number of hydrogen-bond acceptors (Lipinski definition) is 3. The second kappa shape index (κ2) is 2.66. The Morgan fingerprint density at radius 2 is 2.45 bits per heavy atom. The van der Waals surface area contributed by atoms with E-state index in [4.69, 9.17) is 10.2 Å². The standard InChI is InChI=1S/C8H12N2O/c9-4-7-5-10-8(11-7)6-2-1-3-6/h5-6H,1-4,9H2. The second-order valence-corrected chi connectivity index (χ2v) is 3.00. The molecule has 0 saturated heterocycles. The predicted octanol–water partition coefficient (Wildman–Crippen LogP) is 1.40. The van der Waals surface area contributed by atoms with Gasteiger partial charge in [0, 0.05) is 5.92 Å². The average molecular weight is 152 g/mol. The van der Waals surface area contributed by atoms with E-state index in [9.17, 15) is 0 Å². The molecule has 0 aliphatic heterocycles. The van der Waals surface area contributed by atoms with Crippen molar-refractivity contribution in [3.63, 3.8) is 0 Å². The van der Waals surface area contributed by atoms with E-state index >= 15 is 0 Å². The molecule has 0 radical (unpaired) electrons. The summed E-state index contributed by atoms with van der Waals surface area (Å²) in [5, 5.41) is 0. The van der Waals surface area contributed by atoms with Crippen LogP contribution >= 0.6 is 0 Å². The van der Waals surface area contributed by atoms with E-state index in [0.29, 0.717) is 12.5 Å². The van der Waals surface area contributed by atoms with E-state index in [1.165, 1.54) is 19.3 Å². The summed E-state index contributed by atoms with van der Waals surface area (Å²) in [6, 6.07) is 0. The number of nitrogens with zero attached hydrogens (tertiary/aromatic N) is 1. The molecule has 1 fully saturated rings. The van der Waals surface area contributed by atoms with Crippen molar-refractivity contribution in [1.29, 1.82) is 0 Å². The highest BCUT2D eigenvalue weighted by molar-refractivity contribution is 5.01. The van der Waals surface area contributed by atoms with Crippen molar-refractivity contribution in [2.45, 2.75) is 31.7 Å². The van der Waals surface area contributed by atoms with Crippen LogP contribution in [0.2, 0.25) is 0 Å². The van der Waals surface area contributed by atoms with Crippen molar-refractivity contribution in [2.75, 3.05) is 0 Å². The largest absolute Gasteiger partial charge is 0.444 e. The van der Waals surface area contributed by atoms with Crippen LogP contribution in [-0.2, 0) is 6.54 Å². The fourth-order valence-electron chi connectivity index (χ4n) is 1.26. The lowest BCUT2D eigenvalue weighted by molar-refractivity contribution is 0.325. The average Bonchev–Trinajstić information content (AvgIpc) is 2.32. The van der Waals surface area contributed by atoms with Gasteiger partial charge in [-0.25, -0.2) is 4.98 Å². The number of nitrogens with two attached hydrogens (primary N) is 1. The molecule has 3 nitrogen and oxygen atoms in total. The molecule has 1 aromatic rings. The van der Waals surface area contributed by atoms with E-state index in [1.807, 2.05) is 0 Å². The van der Waals surface area contributed by atoms with Crippen molar-refractivity contribution in [3.05, 3.63) is 17.8 Å². The maximum absolute atomic E-state index is 5.40. The molecule has 0 spiro atoms. The maximum atomic E-state index is 5.40. The first-order valence-corrected chi connectivity index (χ1v) is 4.05. The third-order valence-corrected chi connectivity index (χ3v) is 2.23. The van der Waals surface area contributed by atoms with E-state index in [1.54, 1.807) is 6.20 Å². The molecule has 11 heavy (non-hydrogen) atoms. The molecule has 0 aromatic carbocycles. The summed E-state index contributed by atoms with van der Waals surface area (Å²) in [7, 11) is 0. The van der Waals surface area contributed by atoms with Crippen molar-refractivity contribution in [1.82, 2.24) is 4.98 Å². The Bertz CT molecular complexity index is 240. The van der Waals surface area contributed by atoms with Crippen LogP contribution in [0, 0.1) is 0 Å². The zero-order valence-corrected chi connectivity index (χ0v) is 6.42. The third-order valence-electron chi connectivity index (χ3n) is 2.23. The molecule has 60 valence electrons. The van der Waals surface area contributed by atoms with E-state index in [-0.39, 0.29) is 0 Å². The Kier molecular flexibility index (Phi) is 1.66. The predicted molar refractivity (Wildman–Crippen MR) is 41.0 cm³/mol. The lowest BCUT2D eigenvalue weighted by atomic mass is 9.85. The van der Waals surface area contributed by atoms with Crippen LogP contribution in [0.25, 0.3) is 0 Å². The number of oxazole rings is 1. The summed E-state index contributed by atoms with van der Waals surface area (Å²) in [5.74, 6) is 2.26. The van der Waals surface area contributed by atoms with Gasteiger partial charge in [0.2, 0.25) is 0 Å². The Labute approximate surface area is 65.6 Å². The van der Waals surface area contributed by atoms with Crippen LogP contribution < -0.4 is 5.73 Å². The van der Waals surface area contributed by atoms with Gasteiger partial charge in [-0.05, 0) is 12.8 Å². The molecule has 1 aliphatic rings. The van der Waals surface area contributed by atoms with Crippen LogP contribution in [0.5, 0.6) is 0 Å². The molecule has 1 heterocycles. The Hall–Kier alpha value is -0.830. The highest BCUT2D eigenvalue weighted by atomic mass is 16.4. The maximum Gasteiger partial charge on any atom is 0.197 e. The minimum absolute atomic E-state index is 0.458. The molecule has 0 amide bonds. The van der Waals surface area contributed by atoms with E-state index < -0.39 is 0 Å². The van der Waals surface area contributed by atoms with Crippen LogP contribution in [0.4, 0.5) is 0 Å². The van der Waals surface area contributed by atoms with Crippen molar-refractivity contribution in [2.24, 2.45) is 5.73 Å². The normalized spacial score (nSPS) is 18.3. The molecular weight excluding hydrogens is 140 g/mol. The first-order valence-electron chi connectivity index (χ1n) is 4.05. The first-order chi connectivity index (χ1) is 5.40. The van der Waals surface area contributed by atoms with Gasteiger partial charge in [-0.2, -0.15) is 0 Å². The zero-order chi connectivity index (χ0) is 7.68. The van der Waals surface area contributed by atoms with E-state index in [0.717, 1.165) is 11.7 Å². The third kappa shape index (κ3) is 1.16. The first kappa shape index (κ1) is 6.85. The molecule has 0 unspecified atom stereocenters. The monoisotopic (exact) mass is 152 g/mol. The molecule has 2 rings (SSSR count). The molecule has 0 bridgehead atoms. The Morgan fingerprint density at radius 3 is 2.91 bits per heavy atom. The van der Waals surface area contributed by atoms with Crippen LogP contribution in [0.1, 0.15) is 36.8 Å². The summed E-state index contributed by atoms with van der Waals surface area (Å²) >= 11 is 0. The summed E-state index contributed by atoms with van der Waals surface area (Å²) in [4.78, 5) is 4.16. The van der Waals surface area contributed by atoms with Gasteiger partial charge in [-0.15, -0.1) is 0 Å². The highest BCUT2D eigenvalue weighted by Crippen LogP contribution is 2.35. The van der Waals surface area contributed by atoms with Gasteiger partial charge < -0.3 is 10.2 Å². The number of rotatable bonds is 2. The fourth-order valence-corrected chi connectivity index (χ4v) is 1.26. The molecule has 1 saturated carbocycles. The van der Waals surface area contributed by atoms with E-state index in [2.05, 4.69) is 4.98 Å². The van der Waals surface area contributed by atoms with Gasteiger partial charge in [0.25, 0.3) is 0 Å². The quantitative estimate of drug-likeness (QED) is 0.696. The molecule has 1 aliphatic carbocycles. The Balaban J connectivity index is 2.11.